The van der Waals surface area contributed by atoms with Crippen molar-refractivity contribution in [2.45, 2.75) is 33.2 Å². The molecule has 0 atom stereocenters. The van der Waals surface area contributed by atoms with Gasteiger partial charge in [-0.2, -0.15) is 0 Å². The van der Waals surface area contributed by atoms with E-state index in [4.69, 9.17) is 4.42 Å². The summed E-state index contributed by atoms with van der Waals surface area (Å²) in [6.07, 6.45) is 4.30. The number of hydrogen-bond acceptors (Lipinski definition) is 3. The lowest BCUT2D eigenvalue weighted by Crippen LogP contribution is -2.29. The van der Waals surface area contributed by atoms with Crippen molar-refractivity contribution in [3.63, 3.8) is 0 Å². The van der Waals surface area contributed by atoms with Gasteiger partial charge >= 0.3 is 0 Å². The van der Waals surface area contributed by atoms with Gasteiger partial charge in [-0.1, -0.05) is 13.3 Å². The lowest BCUT2D eigenvalue weighted by Gasteiger charge is -2.16. The Morgan fingerprint density at radius 3 is 2.81 bits per heavy atom. The molecule has 92 valence electrons. The molecular weight excluding hydrogens is 200 g/mol. The van der Waals surface area contributed by atoms with E-state index in [0.29, 0.717) is 0 Å². The van der Waals surface area contributed by atoms with E-state index in [1.54, 1.807) is 6.26 Å². The van der Waals surface area contributed by atoms with Crippen LogP contribution in [0.2, 0.25) is 0 Å². The first kappa shape index (κ1) is 13.3. The number of nitrogens with one attached hydrogen (secondary N) is 1. The van der Waals surface area contributed by atoms with Crippen LogP contribution < -0.4 is 5.32 Å². The van der Waals surface area contributed by atoms with Gasteiger partial charge in [0.25, 0.3) is 0 Å². The Morgan fingerprint density at radius 1 is 1.38 bits per heavy atom. The van der Waals surface area contributed by atoms with Gasteiger partial charge in [-0.05, 0) is 38.6 Å². The van der Waals surface area contributed by atoms with Crippen molar-refractivity contribution in [2.75, 3.05) is 26.7 Å². The van der Waals surface area contributed by atoms with E-state index in [1.807, 2.05) is 6.07 Å². The fourth-order valence-corrected chi connectivity index (χ4v) is 1.60. The zero-order chi connectivity index (χ0) is 11.8. The molecule has 1 N–H and O–H groups in total. The highest BCUT2D eigenvalue weighted by Gasteiger charge is 2.01. The third-order valence-corrected chi connectivity index (χ3v) is 2.82. The normalized spacial score (nSPS) is 11.2. The zero-order valence-electron chi connectivity index (χ0n) is 10.8. The largest absolute Gasteiger partial charge is 0.468 e. The van der Waals surface area contributed by atoms with Crippen molar-refractivity contribution >= 4 is 0 Å². The molecule has 1 aromatic rings. The van der Waals surface area contributed by atoms with Crippen LogP contribution in [0.15, 0.2) is 16.7 Å². The second kappa shape index (κ2) is 7.47. The maximum Gasteiger partial charge on any atom is 0.120 e. The molecule has 0 unspecified atom stereocenters. The Hall–Kier alpha value is -0.800. The number of likely N-dealkylation sites (N-methyl/N-ethyl adjacent to an activating group) is 1. The van der Waals surface area contributed by atoms with E-state index in [2.05, 4.69) is 31.1 Å². The highest BCUT2D eigenvalue weighted by Crippen LogP contribution is 2.07. The van der Waals surface area contributed by atoms with E-state index in [9.17, 15) is 0 Å². The molecule has 1 aromatic heterocycles. The van der Waals surface area contributed by atoms with Gasteiger partial charge in [0.1, 0.15) is 5.76 Å². The standard InChI is InChI=1S/C13H24N2O/c1-4-5-8-15(3)9-7-14-11-13-12(2)6-10-16-13/h6,10,14H,4-5,7-9,11H2,1-3H3. The maximum atomic E-state index is 5.36. The van der Waals surface area contributed by atoms with Crippen molar-refractivity contribution in [3.8, 4) is 0 Å². The van der Waals surface area contributed by atoms with Crippen LogP contribution in [0.1, 0.15) is 31.1 Å². The fourth-order valence-electron chi connectivity index (χ4n) is 1.60. The molecule has 0 radical (unpaired) electrons. The third kappa shape index (κ3) is 4.81. The van der Waals surface area contributed by atoms with Crippen molar-refractivity contribution < 1.29 is 4.42 Å². The predicted octanol–water partition coefficient (Wildman–Crippen LogP) is 2.41. The van der Waals surface area contributed by atoms with Crippen LogP contribution in [0.5, 0.6) is 0 Å². The first-order chi connectivity index (χ1) is 7.74. The third-order valence-electron chi connectivity index (χ3n) is 2.82. The smallest absolute Gasteiger partial charge is 0.120 e. The molecule has 0 bridgehead atoms. The van der Waals surface area contributed by atoms with Gasteiger partial charge < -0.3 is 14.6 Å². The van der Waals surface area contributed by atoms with E-state index in [-0.39, 0.29) is 0 Å². The summed E-state index contributed by atoms with van der Waals surface area (Å²) in [6, 6.07) is 2.00. The molecule has 0 saturated carbocycles. The number of nitrogens with zero attached hydrogens (tertiary/aromatic N) is 1. The van der Waals surface area contributed by atoms with E-state index in [1.165, 1.54) is 24.9 Å². The predicted molar refractivity (Wildman–Crippen MR) is 67.6 cm³/mol. The molecule has 0 aliphatic heterocycles. The number of unbranched alkanes of at least 4 members (excludes halogenated alkanes) is 1. The Balaban J connectivity index is 2.06. The molecule has 0 amide bonds. The highest BCUT2D eigenvalue weighted by molar-refractivity contribution is 5.13. The van der Waals surface area contributed by atoms with Gasteiger partial charge in [0.15, 0.2) is 0 Å². The average molecular weight is 224 g/mol. The summed E-state index contributed by atoms with van der Waals surface area (Å²) in [4.78, 5) is 2.37. The topological polar surface area (TPSA) is 28.4 Å². The summed E-state index contributed by atoms with van der Waals surface area (Å²) >= 11 is 0. The number of rotatable bonds is 8. The Morgan fingerprint density at radius 2 is 2.19 bits per heavy atom. The summed E-state index contributed by atoms with van der Waals surface area (Å²) < 4.78 is 5.36. The Kier molecular flexibility index (Phi) is 6.19. The molecule has 1 heterocycles. The van der Waals surface area contributed by atoms with Crippen LogP contribution in [0.4, 0.5) is 0 Å². The molecule has 0 fully saturated rings. The van der Waals surface area contributed by atoms with Crippen LogP contribution in [-0.4, -0.2) is 31.6 Å². The van der Waals surface area contributed by atoms with E-state index in [0.717, 1.165) is 25.4 Å². The molecular formula is C13H24N2O. The molecule has 0 aliphatic rings. The van der Waals surface area contributed by atoms with Gasteiger partial charge in [-0.25, -0.2) is 0 Å². The second-order valence-corrected chi connectivity index (χ2v) is 4.36. The highest BCUT2D eigenvalue weighted by atomic mass is 16.3. The molecule has 1 rings (SSSR count). The Labute approximate surface area is 98.8 Å². The molecule has 0 spiro atoms. The molecule has 0 aromatic carbocycles. The summed E-state index contributed by atoms with van der Waals surface area (Å²) in [5.74, 6) is 1.05. The first-order valence-electron chi connectivity index (χ1n) is 6.16. The summed E-state index contributed by atoms with van der Waals surface area (Å²) in [5, 5.41) is 3.40. The number of furan rings is 1. The zero-order valence-corrected chi connectivity index (χ0v) is 10.8. The summed E-state index contributed by atoms with van der Waals surface area (Å²) in [5.41, 5.74) is 1.23. The quantitative estimate of drug-likeness (QED) is 0.687. The van der Waals surface area contributed by atoms with Gasteiger partial charge in [-0.15, -0.1) is 0 Å². The average Bonchev–Trinajstić information content (AvgIpc) is 2.67. The number of hydrogen-bond donors (Lipinski definition) is 1. The molecule has 0 saturated heterocycles. The molecule has 3 heteroatoms. The van der Waals surface area contributed by atoms with Gasteiger partial charge in [-0.3, -0.25) is 0 Å². The van der Waals surface area contributed by atoms with Crippen LogP contribution in [-0.2, 0) is 6.54 Å². The maximum absolute atomic E-state index is 5.36. The van der Waals surface area contributed by atoms with Gasteiger partial charge in [0, 0.05) is 13.1 Å². The minimum Gasteiger partial charge on any atom is -0.468 e. The van der Waals surface area contributed by atoms with Gasteiger partial charge in [0.05, 0.1) is 12.8 Å². The molecule has 16 heavy (non-hydrogen) atoms. The van der Waals surface area contributed by atoms with Crippen molar-refractivity contribution in [1.82, 2.24) is 10.2 Å². The van der Waals surface area contributed by atoms with Crippen LogP contribution in [0, 0.1) is 6.92 Å². The second-order valence-electron chi connectivity index (χ2n) is 4.36. The number of aryl methyl sites for hydroxylation is 1. The van der Waals surface area contributed by atoms with Crippen molar-refractivity contribution in [1.29, 1.82) is 0 Å². The lowest BCUT2D eigenvalue weighted by molar-refractivity contribution is 0.323. The SMILES string of the molecule is CCCCN(C)CCNCc1occc1C. The Bertz CT molecular complexity index is 283. The van der Waals surface area contributed by atoms with Crippen LogP contribution in [0.25, 0.3) is 0 Å². The van der Waals surface area contributed by atoms with Crippen LogP contribution in [0.3, 0.4) is 0 Å². The molecule has 3 nitrogen and oxygen atoms in total. The van der Waals surface area contributed by atoms with E-state index < -0.39 is 0 Å². The lowest BCUT2D eigenvalue weighted by atomic mass is 10.3. The fraction of sp³-hybridized carbons (Fsp3) is 0.692. The van der Waals surface area contributed by atoms with E-state index >= 15 is 0 Å². The van der Waals surface area contributed by atoms with Gasteiger partial charge in [0.2, 0.25) is 0 Å². The first-order valence-corrected chi connectivity index (χ1v) is 6.16. The van der Waals surface area contributed by atoms with Crippen molar-refractivity contribution in [2.24, 2.45) is 0 Å². The van der Waals surface area contributed by atoms with Crippen LogP contribution >= 0.6 is 0 Å². The van der Waals surface area contributed by atoms with Crippen molar-refractivity contribution in [3.05, 3.63) is 23.7 Å². The monoisotopic (exact) mass is 224 g/mol. The summed E-state index contributed by atoms with van der Waals surface area (Å²) in [6.45, 7) is 8.44. The minimum atomic E-state index is 0.834. The summed E-state index contributed by atoms with van der Waals surface area (Å²) in [7, 11) is 2.18. The molecule has 0 aliphatic carbocycles. The minimum absolute atomic E-state index is 0.834.